The van der Waals surface area contributed by atoms with Gasteiger partial charge in [0.2, 0.25) is 0 Å². The van der Waals surface area contributed by atoms with Gasteiger partial charge in [-0.2, -0.15) is 0 Å². The zero-order valence-corrected chi connectivity index (χ0v) is 8.66. The molecule has 2 rings (SSSR count). The summed E-state index contributed by atoms with van der Waals surface area (Å²) in [5.74, 6) is 0.515. The molecule has 1 heterocycles. The van der Waals surface area contributed by atoms with Crippen LogP contribution in [0.5, 0.6) is 0 Å². The topological polar surface area (TPSA) is 41.6 Å². The number of hydrogen-bond acceptors (Lipinski definition) is 3. The summed E-state index contributed by atoms with van der Waals surface area (Å²) >= 11 is 0. The first-order valence-corrected chi connectivity index (χ1v) is 5.41. The van der Waals surface area contributed by atoms with E-state index in [2.05, 4.69) is 12.2 Å². The van der Waals surface area contributed by atoms with E-state index in [1.165, 1.54) is 12.8 Å². The number of nitrogens with one attached hydrogen (secondary N) is 1. The number of nitrogens with zero attached hydrogens (tertiary/aromatic N) is 1. The molecule has 0 aromatic heterocycles. The van der Waals surface area contributed by atoms with Gasteiger partial charge in [0, 0.05) is 12.6 Å². The highest BCUT2D eigenvalue weighted by Gasteiger charge is 2.25. The molecule has 1 saturated carbocycles. The van der Waals surface area contributed by atoms with Gasteiger partial charge in [-0.15, -0.1) is 0 Å². The van der Waals surface area contributed by atoms with Gasteiger partial charge in [-0.25, -0.2) is 4.79 Å². The van der Waals surface area contributed by atoms with Crippen LogP contribution in [0.1, 0.15) is 19.8 Å². The molecular weight excluding hydrogens is 180 g/mol. The Bertz CT molecular complexity index is 216. The number of hydrogen-bond donors (Lipinski definition) is 1. The fraction of sp³-hybridized carbons (Fsp3) is 0.900. The predicted octanol–water partition coefficient (Wildman–Crippen LogP) is 0.827. The minimum atomic E-state index is -0.150. The molecule has 0 aromatic rings. The van der Waals surface area contributed by atoms with E-state index in [1.54, 1.807) is 4.90 Å². The molecule has 1 atom stereocenters. The summed E-state index contributed by atoms with van der Waals surface area (Å²) < 4.78 is 4.87. The van der Waals surface area contributed by atoms with Gasteiger partial charge in [0.25, 0.3) is 0 Å². The molecule has 1 saturated heterocycles. The Balaban J connectivity index is 1.64. The average Bonchev–Trinajstić information content (AvgIpc) is 2.90. The normalized spacial score (nSPS) is 23.8. The van der Waals surface area contributed by atoms with Crippen molar-refractivity contribution in [3.05, 3.63) is 0 Å². The summed E-state index contributed by atoms with van der Waals surface area (Å²) in [6, 6.07) is 0.753. The van der Waals surface area contributed by atoms with E-state index >= 15 is 0 Å². The van der Waals surface area contributed by atoms with Crippen molar-refractivity contribution in [3.8, 4) is 0 Å². The monoisotopic (exact) mass is 198 g/mol. The van der Waals surface area contributed by atoms with Crippen molar-refractivity contribution in [2.45, 2.75) is 25.8 Å². The minimum Gasteiger partial charge on any atom is -0.448 e. The zero-order chi connectivity index (χ0) is 9.97. The molecule has 4 heteroatoms. The quantitative estimate of drug-likeness (QED) is 0.711. The van der Waals surface area contributed by atoms with Gasteiger partial charge < -0.3 is 15.0 Å². The largest absolute Gasteiger partial charge is 0.448 e. The van der Waals surface area contributed by atoms with Gasteiger partial charge in [-0.3, -0.25) is 0 Å². The fourth-order valence-electron chi connectivity index (χ4n) is 1.69. The predicted molar refractivity (Wildman–Crippen MR) is 53.1 cm³/mol. The van der Waals surface area contributed by atoms with Crippen molar-refractivity contribution < 1.29 is 9.53 Å². The standard InChI is InChI=1S/C10H18N2O2/c1-8(6-11-9-2-3-9)7-12-4-5-14-10(12)13/h8-9,11H,2-7H2,1H3. The maximum absolute atomic E-state index is 11.1. The summed E-state index contributed by atoms with van der Waals surface area (Å²) in [6.07, 6.45) is 2.49. The lowest BCUT2D eigenvalue weighted by molar-refractivity contribution is 0.155. The number of cyclic esters (lactones) is 1. The van der Waals surface area contributed by atoms with Crippen LogP contribution in [0.25, 0.3) is 0 Å². The van der Waals surface area contributed by atoms with E-state index in [0.717, 1.165) is 25.7 Å². The van der Waals surface area contributed by atoms with E-state index in [9.17, 15) is 4.79 Å². The molecule has 2 aliphatic rings. The first-order valence-electron chi connectivity index (χ1n) is 5.41. The average molecular weight is 198 g/mol. The lowest BCUT2D eigenvalue weighted by Crippen LogP contribution is -2.34. The number of carbonyl (C=O) groups excluding carboxylic acids is 1. The Hall–Kier alpha value is -0.770. The number of carbonyl (C=O) groups is 1. The van der Waals surface area contributed by atoms with Crippen molar-refractivity contribution in [3.63, 3.8) is 0 Å². The second-order valence-electron chi connectivity index (χ2n) is 4.35. The summed E-state index contributed by atoms with van der Waals surface area (Å²) in [6.45, 7) is 5.31. The van der Waals surface area contributed by atoms with Crippen LogP contribution in [0, 0.1) is 5.92 Å². The first-order chi connectivity index (χ1) is 6.75. The molecule has 1 unspecified atom stereocenters. The highest BCUT2D eigenvalue weighted by molar-refractivity contribution is 5.69. The van der Waals surface area contributed by atoms with Crippen molar-refractivity contribution >= 4 is 6.09 Å². The third-order valence-corrected chi connectivity index (χ3v) is 2.71. The molecule has 80 valence electrons. The van der Waals surface area contributed by atoms with Crippen molar-refractivity contribution in [2.24, 2.45) is 5.92 Å². The van der Waals surface area contributed by atoms with Crippen LogP contribution in [0.4, 0.5) is 4.79 Å². The summed E-state index contributed by atoms with van der Waals surface area (Å²) in [4.78, 5) is 12.9. The Labute approximate surface area is 84.6 Å². The Morgan fingerprint density at radius 1 is 1.64 bits per heavy atom. The van der Waals surface area contributed by atoms with Gasteiger partial charge in [-0.1, -0.05) is 6.92 Å². The molecule has 4 nitrogen and oxygen atoms in total. The van der Waals surface area contributed by atoms with Crippen LogP contribution in [0.2, 0.25) is 0 Å². The highest BCUT2D eigenvalue weighted by Crippen LogP contribution is 2.19. The van der Waals surface area contributed by atoms with E-state index in [1.807, 2.05) is 0 Å². The Kier molecular flexibility index (Phi) is 2.91. The van der Waals surface area contributed by atoms with Gasteiger partial charge in [0.1, 0.15) is 6.61 Å². The SMILES string of the molecule is CC(CNC1CC1)CN1CCOC1=O. The second kappa shape index (κ2) is 4.17. The number of rotatable bonds is 5. The van der Waals surface area contributed by atoms with Crippen LogP contribution < -0.4 is 5.32 Å². The molecule has 14 heavy (non-hydrogen) atoms. The molecule has 0 bridgehead atoms. The maximum Gasteiger partial charge on any atom is 0.409 e. The summed E-state index contributed by atoms with van der Waals surface area (Å²) in [5, 5.41) is 3.47. The van der Waals surface area contributed by atoms with Crippen LogP contribution in [-0.4, -0.2) is 43.3 Å². The smallest absolute Gasteiger partial charge is 0.409 e. The highest BCUT2D eigenvalue weighted by atomic mass is 16.6. The number of ether oxygens (including phenoxy) is 1. The van der Waals surface area contributed by atoms with E-state index in [4.69, 9.17) is 4.74 Å². The lowest BCUT2D eigenvalue weighted by Gasteiger charge is -2.18. The Morgan fingerprint density at radius 2 is 2.43 bits per heavy atom. The molecule has 0 aromatic carbocycles. The molecule has 0 radical (unpaired) electrons. The van der Waals surface area contributed by atoms with Gasteiger partial charge in [0.15, 0.2) is 0 Å². The number of amides is 1. The van der Waals surface area contributed by atoms with Crippen LogP contribution in [-0.2, 0) is 4.74 Å². The fourth-order valence-corrected chi connectivity index (χ4v) is 1.69. The zero-order valence-electron chi connectivity index (χ0n) is 8.66. The van der Waals surface area contributed by atoms with Crippen LogP contribution >= 0.6 is 0 Å². The second-order valence-corrected chi connectivity index (χ2v) is 4.35. The van der Waals surface area contributed by atoms with Gasteiger partial charge in [0.05, 0.1) is 6.54 Å². The third-order valence-electron chi connectivity index (χ3n) is 2.71. The Morgan fingerprint density at radius 3 is 3.00 bits per heavy atom. The third kappa shape index (κ3) is 2.61. The maximum atomic E-state index is 11.1. The molecule has 1 aliphatic heterocycles. The van der Waals surface area contributed by atoms with Crippen molar-refractivity contribution in [1.29, 1.82) is 0 Å². The molecular formula is C10H18N2O2. The molecule has 1 N–H and O–H groups in total. The van der Waals surface area contributed by atoms with Crippen LogP contribution in [0.3, 0.4) is 0 Å². The summed E-state index contributed by atoms with van der Waals surface area (Å²) in [5.41, 5.74) is 0. The minimum absolute atomic E-state index is 0.150. The van der Waals surface area contributed by atoms with E-state index in [0.29, 0.717) is 12.5 Å². The van der Waals surface area contributed by atoms with E-state index in [-0.39, 0.29) is 6.09 Å². The molecule has 2 fully saturated rings. The van der Waals surface area contributed by atoms with Crippen molar-refractivity contribution in [2.75, 3.05) is 26.2 Å². The summed E-state index contributed by atoms with van der Waals surface area (Å²) in [7, 11) is 0. The van der Waals surface area contributed by atoms with E-state index < -0.39 is 0 Å². The van der Waals surface area contributed by atoms with Gasteiger partial charge >= 0.3 is 6.09 Å². The molecule has 1 aliphatic carbocycles. The van der Waals surface area contributed by atoms with Gasteiger partial charge in [-0.05, 0) is 25.3 Å². The first kappa shape index (κ1) is 9.77. The van der Waals surface area contributed by atoms with Crippen molar-refractivity contribution in [1.82, 2.24) is 10.2 Å². The molecule has 1 amide bonds. The lowest BCUT2D eigenvalue weighted by atomic mass is 10.1. The van der Waals surface area contributed by atoms with Crippen LogP contribution in [0.15, 0.2) is 0 Å². The molecule has 0 spiro atoms.